The van der Waals surface area contributed by atoms with E-state index in [9.17, 15) is 4.79 Å². The Kier molecular flexibility index (Phi) is 3.72. The lowest BCUT2D eigenvalue weighted by molar-refractivity contribution is -0.145. The summed E-state index contributed by atoms with van der Waals surface area (Å²) in [5, 5.41) is 3.20. The van der Waals surface area contributed by atoms with Gasteiger partial charge in [0.15, 0.2) is 0 Å². The first-order valence-electron chi connectivity index (χ1n) is 5.05. The molecule has 1 saturated heterocycles. The van der Waals surface area contributed by atoms with Crippen LogP contribution in [0.5, 0.6) is 0 Å². The fourth-order valence-electron chi connectivity index (χ4n) is 1.69. The SMILES string of the molecule is CCOC(=O)[C@@H]1C[C@@H](C(C)C)CN1. The van der Waals surface area contributed by atoms with E-state index in [1.807, 2.05) is 6.92 Å². The van der Waals surface area contributed by atoms with Gasteiger partial charge >= 0.3 is 5.97 Å². The summed E-state index contributed by atoms with van der Waals surface area (Å²) in [6, 6.07) is -0.0626. The monoisotopic (exact) mass is 185 g/mol. The summed E-state index contributed by atoms with van der Waals surface area (Å²) in [6.07, 6.45) is 0.927. The predicted molar refractivity (Wildman–Crippen MR) is 51.4 cm³/mol. The number of hydrogen-bond donors (Lipinski definition) is 1. The van der Waals surface area contributed by atoms with Gasteiger partial charge in [-0.15, -0.1) is 0 Å². The van der Waals surface area contributed by atoms with Crippen molar-refractivity contribution in [2.75, 3.05) is 13.2 Å². The van der Waals surface area contributed by atoms with Crippen LogP contribution in [0.2, 0.25) is 0 Å². The van der Waals surface area contributed by atoms with Crippen LogP contribution in [0.1, 0.15) is 27.2 Å². The van der Waals surface area contributed by atoms with E-state index in [1.165, 1.54) is 0 Å². The molecule has 0 aromatic carbocycles. The standard InChI is InChI=1S/C10H19NO2/c1-4-13-10(12)9-5-8(6-11-9)7(2)3/h7-9,11H,4-6H2,1-3H3/t8-,9+/m1/s1. The van der Waals surface area contributed by atoms with Crippen LogP contribution in [-0.2, 0) is 9.53 Å². The molecule has 1 aliphatic rings. The van der Waals surface area contributed by atoms with Crippen molar-refractivity contribution in [1.29, 1.82) is 0 Å². The van der Waals surface area contributed by atoms with Gasteiger partial charge in [-0.1, -0.05) is 13.8 Å². The molecule has 1 fully saturated rings. The van der Waals surface area contributed by atoms with Gasteiger partial charge in [0.05, 0.1) is 6.61 Å². The van der Waals surface area contributed by atoms with Gasteiger partial charge in [0.2, 0.25) is 0 Å². The molecule has 13 heavy (non-hydrogen) atoms. The van der Waals surface area contributed by atoms with E-state index in [-0.39, 0.29) is 12.0 Å². The zero-order chi connectivity index (χ0) is 9.84. The van der Waals surface area contributed by atoms with E-state index in [2.05, 4.69) is 19.2 Å². The third-order valence-electron chi connectivity index (χ3n) is 2.68. The minimum absolute atomic E-state index is 0.0626. The molecule has 0 spiro atoms. The van der Waals surface area contributed by atoms with Crippen molar-refractivity contribution in [3.63, 3.8) is 0 Å². The minimum atomic E-state index is -0.0920. The maximum absolute atomic E-state index is 11.3. The molecular weight excluding hydrogens is 166 g/mol. The van der Waals surface area contributed by atoms with E-state index in [1.54, 1.807) is 0 Å². The second-order valence-electron chi connectivity index (χ2n) is 3.95. The molecular formula is C10H19NO2. The van der Waals surface area contributed by atoms with Gasteiger partial charge < -0.3 is 10.1 Å². The summed E-state index contributed by atoms with van der Waals surface area (Å²) in [5.41, 5.74) is 0. The van der Waals surface area contributed by atoms with Crippen LogP contribution in [0.3, 0.4) is 0 Å². The van der Waals surface area contributed by atoms with E-state index in [4.69, 9.17) is 4.74 Å². The normalized spacial score (nSPS) is 28.0. The van der Waals surface area contributed by atoms with Crippen LogP contribution >= 0.6 is 0 Å². The van der Waals surface area contributed by atoms with Gasteiger partial charge in [0.1, 0.15) is 6.04 Å². The molecule has 0 unspecified atom stereocenters. The smallest absolute Gasteiger partial charge is 0.323 e. The summed E-state index contributed by atoms with van der Waals surface area (Å²) >= 11 is 0. The topological polar surface area (TPSA) is 38.3 Å². The van der Waals surface area contributed by atoms with Crippen LogP contribution in [0.25, 0.3) is 0 Å². The largest absolute Gasteiger partial charge is 0.465 e. The van der Waals surface area contributed by atoms with Gasteiger partial charge in [0, 0.05) is 0 Å². The average Bonchev–Trinajstić information content (AvgIpc) is 2.52. The third kappa shape index (κ3) is 2.69. The number of ether oxygens (including phenoxy) is 1. The van der Waals surface area contributed by atoms with Crippen molar-refractivity contribution in [3.8, 4) is 0 Å². The van der Waals surface area contributed by atoms with Gasteiger partial charge in [0.25, 0.3) is 0 Å². The molecule has 0 aromatic rings. The van der Waals surface area contributed by atoms with Crippen LogP contribution in [0, 0.1) is 11.8 Å². The molecule has 0 amide bonds. The van der Waals surface area contributed by atoms with Crippen molar-refractivity contribution in [1.82, 2.24) is 5.32 Å². The number of carbonyl (C=O) groups is 1. The number of rotatable bonds is 3. The Morgan fingerprint density at radius 1 is 1.62 bits per heavy atom. The molecule has 0 aromatic heterocycles. The molecule has 1 heterocycles. The lowest BCUT2D eigenvalue weighted by Gasteiger charge is -2.12. The fourth-order valence-corrected chi connectivity index (χ4v) is 1.69. The highest BCUT2D eigenvalue weighted by molar-refractivity contribution is 5.76. The molecule has 1 rings (SSSR count). The summed E-state index contributed by atoms with van der Waals surface area (Å²) < 4.78 is 4.95. The average molecular weight is 185 g/mol. The maximum atomic E-state index is 11.3. The van der Waals surface area contributed by atoms with E-state index in [0.29, 0.717) is 18.4 Å². The molecule has 0 bridgehead atoms. The number of carbonyl (C=O) groups excluding carboxylic acids is 1. The van der Waals surface area contributed by atoms with Crippen molar-refractivity contribution in [2.24, 2.45) is 11.8 Å². The van der Waals surface area contributed by atoms with Crippen molar-refractivity contribution in [2.45, 2.75) is 33.2 Å². The number of esters is 1. The van der Waals surface area contributed by atoms with Crippen LogP contribution in [0.15, 0.2) is 0 Å². The molecule has 0 aliphatic carbocycles. The molecule has 3 heteroatoms. The summed E-state index contributed by atoms with van der Waals surface area (Å²) in [4.78, 5) is 11.3. The Bertz CT molecular complexity index is 180. The van der Waals surface area contributed by atoms with Crippen molar-refractivity contribution in [3.05, 3.63) is 0 Å². The lowest BCUT2D eigenvalue weighted by atomic mass is 9.93. The van der Waals surface area contributed by atoms with Crippen molar-refractivity contribution >= 4 is 5.97 Å². The Morgan fingerprint density at radius 2 is 2.31 bits per heavy atom. The van der Waals surface area contributed by atoms with E-state index in [0.717, 1.165) is 13.0 Å². The number of nitrogens with one attached hydrogen (secondary N) is 1. The highest BCUT2D eigenvalue weighted by atomic mass is 16.5. The molecule has 0 saturated carbocycles. The first-order valence-corrected chi connectivity index (χ1v) is 5.05. The molecule has 3 nitrogen and oxygen atoms in total. The molecule has 76 valence electrons. The maximum Gasteiger partial charge on any atom is 0.323 e. The second kappa shape index (κ2) is 4.61. The fraction of sp³-hybridized carbons (Fsp3) is 0.900. The molecule has 1 aliphatic heterocycles. The number of hydrogen-bond acceptors (Lipinski definition) is 3. The highest BCUT2D eigenvalue weighted by Gasteiger charge is 2.31. The van der Waals surface area contributed by atoms with Crippen LogP contribution in [0.4, 0.5) is 0 Å². The van der Waals surface area contributed by atoms with Crippen LogP contribution < -0.4 is 5.32 Å². The Hall–Kier alpha value is -0.570. The van der Waals surface area contributed by atoms with Crippen LogP contribution in [-0.4, -0.2) is 25.2 Å². The highest BCUT2D eigenvalue weighted by Crippen LogP contribution is 2.22. The third-order valence-corrected chi connectivity index (χ3v) is 2.68. The Morgan fingerprint density at radius 3 is 2.77 bits per heavy atom. The summed E-state index contributed by atoms with van der Waals surface area (Å²) in [5.74, 6) is 1.17. The van der Waals surface area contributed by atoms with Gasteiger partial charge in [-0.2, -0.15) is 0 Å². The van der Waals surface area contributed by atoms with Crippen molar-refractivity contribution < 1.29 is 9.53 Å². The summed E-state index contributed by atoms with van der Waals surface area (Å²) in [7, 11) is 0. The second-order valence-corrected chi connectivity index (χ2v) is 3.95. The molecule has 2 atom stereocenters. The summed E-state index contributed by atoms with van der Waals surface area (Å²) in [6.45, 7) is 7.65. The van der Waals surface area contributed by atoms with E-state index >= 15 is 0 Å². The zero-order valence-electron chi connectivity index (χ0n) is 8.67. The van der Waals surface area contributed by atoms with Gasteiger partial charge in [-0.05, 0) is 31.7 Å². The first-order chi connectivity index (χ1) is 6.15. The molecule has 0 radical (unpaired) electrons. The van der Waals surface area contributed by atoms with Gasteiger partial charge in [-0.3, -0.25) is 4.79 Å². The molecule has 1 N–H and O–H groups in total. The quantitative estimate of drug-likeness (QED) is 0.671. The Balaban J connectivity index is 2.36. The first kappa shape index (κ1) is 10.5. The van der Waals surface area contributed by atoms with Gasteiger partial charge in [-0.25, -0.2) is 0 Å². The van der Waals surface area contributed by atoms with E-state index < -0.39 is 0 Å². The lowest BCUT2D eigenvalue weighted by Crippen LogP contribution is -2.32. The zero-order valence-corrected chi connectivity index (χ0v) is 8.67. The predicted octanol–water partition coefficient (Wildman–Crippen LogP) is 1.18. The minimum Gasteiger partial charge on any atom is -0.465 e. The Labute approximate surface area is 79.8 Å².